The van der Waals surface area contributed by atoms with E-state index in [1.165, 1.54) is 0 Å². The molecular formula is C30H31AsF2N4O4. The average Bonchev–Trinajstić information content (AvgIpc) is 3.83. The van der Waals surface area contributed by atoms with Crippen molar-refractivity contribution in [2.75, 3.05) is 30.9 Å². The van der Waals surface area contributed by atoms with E-state index in [1.807, 2.05) is 30.3 Å². The third-order valence-electron chi connectivity index (χ3n) is 6.79. The van der Waals surface area contributed by atoms with Gasteiger partial charge in [-0.2, -0.15) is 0 Å². The SMILES string of the molecule is CCOC(=O)c1cc(=O)c2c(NCc3ccc(OC)cc3)c(F)c([AsH]CCNc3ccccn3)c(F)c2n1C1CC1. The zero-order chi connectivity index (χ0) is 28.9. The van der Waals surface area contributed by atoms with E-state index < -0.39 is 38.8 Å². The standard InChI is InChI=1S/C30H31AsF2N4O4/c1-3-41-30(39)21-16-22(38)24-28(36-17-18-7-11-20(40-2)12-8-18)26(32)25(27(33)29(24)37(21)19-9-10-19)31-13-15-35-23-6-4-5-14-34-23/h4-8,11-12,14,16,19,31,36H,3,9-10,13,15,17H2,1-2H3,(H,34,35). The summed E-state index contributed by atoms with van der Waals surface area (Å²) in [4.78, 5) is 30.5. The molecule has 0 aliphatic heterocycles. The molecule has 0 saturated heterocycles. The first-order chi connectivity index (χ1) is 19.9. The third kappa shape index (κ3) is 6.22. The van der Waals surface area contributed by atoms with Crippen LogP contribution in [0.4, 0.5) is 20.3 Å². The predicted molar refractivity (Wildman–Crippen MR) is 157 cm³/mol. The molecule has 1 atom stereocenters. The van der Waals surface area contributed by atoms with Gasteiger partial charge in [0.25, 0.3) is 0 Å². The first-order valence-corrected chi connectivity index (χ1v) is 16.0. The number of aromatic nitrogens is 2. The predicted octanol–water partition coefficient (Wildman–Crippen LogP) is 4.40. The Bertz CT molecular complexity index is 1610. The molecule has 1 saturated carbocycles. The van der Waals surface area contributed by atoms with E-state index in [9.17, 15) is 9.59 Å². The molecule has 1 unspecified atom stereocenters. The van der Waals surface area contributed by atoms with E-state index in [1.54, 1.807) is 36.9 Å². The summed E-state index contributed by atoms with van der Waals surface area (Å²) in [5.74, 6) is -0.878. The molecule has 1 aliphatic rings. The van der Waals surface area contributed by atoms with Gasteiger partial charge < -0.3 is 0 Å². The Balaban J connectivity index is 1.58. The second kappa shape index (κ2) is 12.7. The molecule has 11 heteroatoms. The van der Waals surface area contributed by atoms with Gasteiger partial charge in [-0.25, -0.2) is 0 Å². The Labute approximate surface area is 242 Å². The van der Waals surface area contributed by atoms with Crippen LogP contribution in [-0.2, 0) is 11.3 Å². The molecule has 0 spiro atoms. The summed E-state index contributed by atoms with van der Waals surface area (Å²) in [5.41, 5.74) is 0.0756. The number of esters is 1. The Kier molecular flexibility index (Phi) is 8.88. The second-order valence-corrected chi connectivity index (χ2v) is 12.4. The summed E-state index contributed by atoms with van der Waals surface area (Å²) in [6.07, 6.45) is 3.10. The van der Waals surface area contributed by atoms with Gasteiger partial charge in [0.15, 0.2) is 0 Å². The average molecular weight is 625 g/mol. The van der Waals surface area contributed by atoms with Gasteiger partial charge in [-0.05, 0) is 0 Å². The zero-order valence-corrected chi connectivity index (χ0v) is 24.9. The van der Waals surface area contributed by atoms with Gasteiger partial charge in [-0.1, -0.05) is 0 Å². The number of rotatable bonds is 12. The normalized spacial score (nSPS) is 13.1. The van der Waals surface area contributed by atoms with E-state index in [-0.39, 0.29) is 45.8 Å². The van der Waals surface area contributed by atoms with Crippen LogP contribution < -0.4 is 25.2 Å². The number of carbonyl (C=O) groups excluding carboxylic acids is 1. The molecule has 4 aromatic rings. The van der Waals surface area contributed by atoms with Crippen LogP contribution in [0.25, 0.3) is 10.9 Å². The van der Waals surface area contributed by atoms with Crippen molar-refractivity contribution in [1.82, 2.24) is 9.55 Å². The van der Waals surface area contributed by atoms with Crippen molar-refractivity contribution in [3.05, 3.63) is 87.8 Å². The number of carbonyl (C=O) groups is 1. The van der Waals surface area contributed by atoms with E-state index >= 15 is 8.78 Å². The van der Waals surface area contributed by atoms with Gasteiger partial charge in [0, 0.05) is 0 Å². The van der Waals surface area contributed by atoms with Crippen LogP contribution in [0.15, 0.2) is 59.5 Å². The zero-order valence-electron chi connectivity index (χ0n) is 22.8. The molecule has 0 radical (unpaired) electrons. The number of hydrogen-bond acceptors (Lipinski definition) is 7. The Morgan fingerprint density at radius 2 is 1.90 bits per heavy atom. The molecule has 2 aromatic heterocycles. The molecule has 214 valence electrons. The van der Waals surface area contributed by atoms with Crippen LogP contribution in [0.5, 0.6) is 5.75 Å². The number of benzene rings is 2. The van der Waals surface area contributed by atoms with Crippen LogP contribution in [-0.4, -0.2) is 51.5 Å². The topological polar surface area (TPSA) is 94.5 Å². The molecule has 0 amide bonds. The fraction of sp³-hybridized carbons (Fsp3) is 0.300. The fourth-order valence-electron chi connectivity index (χ4n) is 4.70. The summed E-state index contributed by atoms with van der Waals surface area (Å²) in [6.45, 7) is 2.46. The van der Waals surface area contributed by atoms with Crippen LogP contribution in [0.3, 0.4) is 0 Å². The molecule has 2 N–H and O–H groups in total. The summed E-state index contributed by atoms with van der Waals surface area (Å²) in [5, 5.41) is 6.68. The number of anilines is 2. The number of methoxy groups -OCH3 is 1. The Morgan fingerprint density at radius 3 is 2.56 bits per heavy atom. The van der Waals surface area contributed by atoms with Gasteiger partial charge in [0.2, 0.25) is 0 Å². The molecule has 41 heavy (non-hydrogen) atoms. The molecule has 0 bridgehead atoms. The van der Waals surface area contributed by atoms with Crippen molar-refractivity contribution in [3.63, 3.8) is 0 Å². The minimum atomic E-state index is -1.33. The van der Waals surface area contributed by atoms with Gasteiger partial charge >= 0.3 is 243 Å². The number of pyridine rings is 2. The van der Waals surface area contributed by atoms with Crippen molar-refractivity contribution in [2.24, 2.45) is 0 Å². The third-order valence-corrected chi connectivity index (χ3v) is 9.50. The monoisotopic (exact) mass is 624 g/mol. The first kappa shape index (κ1) is 28.6. The van der Waals surface area contributed by atoms with Crippen LogP contribution in [0, 0.1) is 11.6 Å². The maximum absolute atomic E-state index is 16.4. The van der Waals surface area contributed by atoms with E-state index in [0.29, 0.717) is 23.3 Å². The molecule has 8 nitrogen and oxygen atoms in total. The minimum absolute atomic E-state index is 0.0127. The summed E-state index contributed by atoms with van der Waals surface area (Å²) < 4.78 is 44.5. The summed E-state index contributed by atoms with van der Waals surface area (Å²) in [6, 6.07) is 13.7. The molecular weight excluding hydrogens is 593 g/mol. The van der Waals surface area contributed by atoms with Crippen molar-refractivity contribution >= 4 is 48.5 Å². The molecule has 5 rings (SSSR count). The molecule has 2 heterocycles. The van der Waals surface area contributed by atoms with Crippen molar-refractivity contribution in [2.45, 2.75) is 37.6 Å². The fourth-order valence-corrected chi connectivity index (χ4v) is 6.92. The maximum atomic E-state index is 16.4. The van der Waals surface area contributed by atoms with Gasteiger partial charge in [0.1, 0.15) is 0 Å². The quantitative estimate of drug-likeness (QED) is 0.137. The number of fused-ring (bicyclic) bond motifs is 1. The second-order valence-electron chi connectivity index (χ2n) is 9.59. The molecule has 2 aromatic carbocycles. The first-order valence-electron chi connectivity index (χ1n) is 13.5. The van der Waals surface area contributed by atoms with Gasteiger partial charge in [-0.3, -0.25) is 0 Å². The molecule has 1 fully saturated rings. The van der Waals surface area contributed by atoms with Crippen molar-refractivity contribution in [3.8, 4) is 5.75 Å². The van der Waals surface area contributed by atoms with Crippen LogP contribution in [0.1, 0.15) is 41.9 Å². The Hall–Kier alpha value is -3.91. The van der Waals surface area contributed by atoms with Crippen molar-refractivity contribution in [1.29, 1.82) is 0 Å². The van der Waals surface area contributed by atoms with Crippen LogP contribution >= 0.6 is 0 Å². The number of halogens is 2. The van der Waals surface area contributed by atoms with Crippen LogP contribution in [0.2, 0.25) is 5.21 Å². The van der Waals surface area contributed by atoms with E-state index in [4.69, 9.17) is 9.47 Å². The summed E-state index contributed by atoms with van der Waals surface area (Å²) >= 11 is -1.33. The van der Waals surface area contributed by atoms with E-state index in [2.05, 4.69) is 15.6 Å². The summed E-state index contributed by atoms with van der Waals surface area (Å²) in [7, 11) is 1.57. The number of nitrogens with one attached hydrogen (secondary N) is 2. The van der Waals surface area contributed by atoms with Gasteiger partial charge in [0.05, 0.1) is 0 Å². The van der Waals surface area contributed by atoms with Crippen molar-refractivity contribution < 1.29 is 23.0 Å². The number of nitrogens with zero attached hydrogens (tertiary/aromatic N) is 2. The van der Waals surface area contributed by atoms with E-state index in [0.717, 1.165) is 24.5 Å². The molecule has 1 aliphatic carbocycles. The number of ether oxygens (including phenoxy) is 2. The van der Waals surface area contributed by atoms with Gasteiger partial charge in [-0.15, -0.1) is 0 Å². The Morgan fingerprint density at radius 1 is 1.12 bits per heavy atom. The number of hydrogen-bond donors (Lipinski definition) is 2.